The Morgan fingerprint density at radius 3 is 2.55 bits per heavy atom. The Morgan fingerprint density at radius 1 is 1.25 bits per heavy atom. The van der Waals surface area contributed by atoms with E-state index in [9.17, 15) is 4.79 Å². The SMILES string of the molecule is O=C(COc1ccc(Br)cc1)NCCN1CCCC1.[Cl-]. The number of amides is 1. The van der Waals surface area contributed by atoms with Gasteiger partial charge in [0, 0.05) is 17.6 Å². The van der Waals surface area contributed by atoms with Gasteiger partial charge in [-0.2, -0.15) is 0 Å². The molecule has 0 aliphatic carbocycles. The Balaban J connectivity index is 0.00000200. The Hall–Kier alpha value is -0.780. The quantitative estimate of drug-likeness (QED) is 0.709. The predicted molar refractivity (Wildman–Crippen MR) is 78.3 cm³/mol. The lowest BCUT2D eigenvalue weighted by Crippen LogP contribution is -3.00. The van der Waals surface area contributed by atoms with E-state index in [1.807, 2.05) is 24.3 Å². The van der Waals surface area contributed by atoms with Crippen LogP contribution in [-0.2, 0) is 4.79 Å². The molecule has 0 atom stereocenters. The molecule has 0 aromatic heterocycles. The Kier molecular flexibility index (Phi) is 7.95. The molecule has 4 nitrogen and oxygen atoms in total. The van der Waals surface area contributed by atoms with Gasteiger partial charge in [-0.25, -0.2) is 0 Å². The number of nitrogens with zero attached hydrogens (tertiary/aromatic N) is 1. The number of halogens is 2. The molecule has 112 valence electrons. The first kappa shape index (κ1) is 17.3. The highest BCUT2D eigenvalue weighted by atomic mass is 79.9. The molecule has 2 rings (SSSR count). The van der Waals surface area contributed by atoms with E-state index in [1.165, 1.54) is 12.8 Å². The molecule has 1 aliphatic heterocycles. The van der Waals surface area contributed by atoms with Gasteiger partial charge in [-0.15, -0.1) is 0 Å². The summed E-state index contributed by atoms with van der Waals surface area (Å²) in [6.45, 7) is 4.02. The van der Waals surface area contributed by atoms with Crippen molar-refractivity contribution in [2.75, 3.05) is 32.8 Å². The molecule has 0 spiro atoms. The third kappa shape index (κ3) is 6.11. The molecule has 1 aliphatic rings. The van der Waals surface area contributed by atoms with E-state index < -0.39 is 0 Å². The molecule has 1 aromatic carbocycles. The Bertz CT molecular complexity index is 408. The van der Waals surface area contributed by atoms with Gasteiger partial charge in [0.2, 0.25) is 0 Å². The van der Waals surface area contributed by atoms with Gasteiger partial charge in [0.1, 0.15) is 5.75 Å². The lowest BCUT2D eigenvalue weighted by atomic mass is 10.3. The van der Waals surface area contributed by atoms with Gasteiger partial charge >= 0.3 is 0 Å². The highest BCUT2D eigenvalue weighted by molar-refractivity contribution is 9.10. The van der Waals surface area contributed by atoms with Gasteiger partial charge < -0.3 is 27.4 Å². The highest BCUT2D eigenvalue weighted by Gasteiger charge is 2.11. The van der Waals surface area contributed by atoms with Crippen molar-refractivity contribution in [1.82, 2.24) is 10.2 Å². The summed E-state index contributed by atoms with van der Waals surface area (Å²) in [5, 5.41) is 2.88. The molecule has 0 unspecified atom stereocenters. The molecule has 1 heterocycles. The minimum absolute atomic E-state index is 0. The summed E-state index contributed by atoms with van der Waals surface area (Å²) in [7, 11) is 0. The molecule has 0 saturated carbocycles. The van der Waals surface area contributed by atoms with Gasteiger partial charge in [0.25, 0.3) is 5.91 Å². The van der Waals surface area contributed by atoms with Crippen molar-refractivity contribution in [2.24, 2.45) is 0 Å². The smallest absolute Gasteiger partial charge is 0.257 e. The number of carbonyl (C=O) groups is 1. The normalized spacial score (nSPS) is 14.7. The van der Waals surface area contributed by atoms with Crippen LogP contribution in [0.4, 0.5) is 0 Å². The zero-order chi connectivity index (χ0) is 13.5. The number of hydrogen-bond donors (Lipinski definition) is 1. The fourth-order valence-corrected chi connectivity index (χ4v) is 2.35. The summed E-state index contributed by atoms with van der Waals surface area (Å²) >= 11 is 3.35. The average Bonchev–Trinajstić information content (AvgIpc) is 2.91. The third-order valence-corrected chi connectivity index (χ3v) is 3.66. The van der Waals surface area contributed by atoms with Crippen LogP contribution in [0.25, 0.3) is 0 Å². The van der Waals surface area contributed by atoms with Gasteiger partial charge in [0.15, 0.2) is 6.61 Å². The molecular weight excluding hydrogens is 344 g/mol. The second-order valence-corrected chi connectivity index (χ2v) is 5.56. The van der Waals surface area contributed by atoms with Crippen LogP contribution in [0.15, 0.2) is 28.7 Å². The van der Waals surface area contributed by atoms with E-state index in [0.29, 0.717) is 12.3 Å². The van der Waals surface area contributed by atoms with Gasteiger partial charge in [-0.1, -0.05) is 15.9 Å². The number of ether oxygens (including phenoxy) is 1. The summed E-state index contributed by atoms with van der Waals surface area (Å²) in [5.41, 5.74) is 0. The second kappa shape index (κ2) is 9.21. The molecule has 0 radical (unpaired) electrons. The Morgan fingerprint density at radius 2 is 1.90 bits per heavy atom. The van der Waals surface area contributed by atoms with E-state index in [1.54, 1.807) is 0 Å². The minimum Gasteiger partial charge on any atom is -1.00 e. The minimum atomic E-state index is -0.0675. The summed E-state index contributed by atoms with van der Waals surface area (Å²) in [4.78, 5) is 14.0. The van der Waals surface area contributed by atoms with Crippen LogP contribution in [-0.4, -0.2) is 43.6 Å². The van der Waals surface area contributed by atoms with Crippen LogP contribution < -0.4 is 22.5 Å². The zero-order valence-corrected chi connectivity index (χ0v) is 13.6. The monoisotopic (exact) mass is 361 g/mol. The number of nitrogens with one attached hydrogen (secondary N) is 1. The lowest BCUT2D eigenvalue weighted by molar-refractivity contribution is -0.123. The zero-order valence-electron chi connectivity index (χ0n) is 11.3. The molecule has 0 bridgehead atoms. The van der Waals surface area contributed by atoms with Gasteiger partial charge in [-0.3, -0.25) is 4.79 Å². The number of benzene rings is 1. The molecule has 1 saturated heterocycles. The van der Waals surface area contributed by atoms with Crippen LogP contribution in [0.3, 0.4) is 0 Å². The standard InChI is InChI=1S/C14H19BrN2O2.ClH/c15-12-3-5-13(6-4-12)19-11-14(18)16-7-10-17-8-1-2-9-17;/h3-6H,1-2,7-11H2,(H,16,18);1H/p-1. The number of likely N-dealkylation sites (tertiary alicyclic amines) is 1. The maximum Gasteiger partial charge on any atom is 0.257 e. The fraction of sp³-hybridized carbons (Fsp3) is 0.500. The predicted octanol–water partition coefficient (Wildman–Crippen LogP) is -0.956. The van der Waals surface area contributed by atoms with Crippen molar-refractivity contribution in [2.45, 2.75) is 12.8 Å². The molecule has 1 N–H and O–H groups in total. The summed E-state index contributed by atoms with van der Waals surface area (Å²) < 4.78 is 6.39. The van der Waals surface area contributed by atoms with Crippen molar-refractivity contribution in [1.29, 1.82) is 0 Å². The van der Waals surface area contributed by atoms with Crippen LogP contribution in [0.1, 0.15) is 12.8 Å². The first-order valence-corrected chi connectivity index (χ1v) is 7.41. The summed E-state index contributed by atoms with van der Waals surface area (Å²) in [6.07, 6.45) is 2.56. The van der Waals surface area contributed by atoms with Crippen molar-refractivity contribution in [3.8, 4) is 5.75 Å². The lowest BCUT2D eigenvalue weighted by Gasteiger charge is -2.14. The fourth-order valence-electron chi connectivity index (χ4n) is 2.09. The van der Waals surface area contributed by atoms with Crippen molar-refractivity contribution in [3.63, 3.8) is 0 Å². The van der Waals surface area contributed by atoms with E-state index in [-0.39, 0.29) is 24.9 Å². The Labute approximate surface area is 134 Å². The van der Waals surface area contributed by atoms with Crippen LogP contribution in [0.5, 0.6) is 5.75 Å². The molecule has 1 aromatic rings. The highest BCUT2D eigenvalue weighted by Crippen LogP contribution is 2.15. The largest absolute Gasteiger partial charge is 1.00 e. The first-order chi connectivity index (χ1) is 9.24. The van der Waals surface area contributed by atoms with Crippen LogP contribution >= 0.6 is 15.9 Å². The van der Waals surface area contributed by atoms with Crippen molar-refractivity contribution < 1.29 is 21.9 Å². The average molecular weight is 363 g/mol. The van der Waals surface area contributed by atoms with E-state index in [0.717, 1.165) is 24.1 Å². The molecule has 1 fully saturated rings. The summed E-state index contributed by atoms with van der Waals surface area (Å²) in [5.74, 6) is 0.639. The van der Waals surface area contributed by atoms with Crippen molar-refractivity contribution in [3.05, 3.63) is 28.7 Å². The van der Waals surface area contributed by atoms with Crippen LogP contribution in [0.2, 0.25) is 0 Å². The van der Waals surface area contributed by atoms with E-state index in [2.05, 4.69) is 26.1 Å². The molecule has 1 amide bonds. The number of hydrogen-bond acceptors (Lipinski definition) is 3. The van der Waals surface area contributed by atoms with Gasteiger partial charge in [0.05, 0.1) is 0 Å². The maximum atomic E-state index is 11.6. The topological polar surface area (TPSA) is 41.6 Å². The maximum absolute atomic E-state index is 11.6. The molecule has 6 heteroatoms. The van der Waals surface area contributed by atoms with Crippen LogP contribution in [0, 0.1) is 0 Å². The molecular formula is C14H19BrClN2O2-. The van der Waals surface area contributed by atoms with E-state index >= 15 is 0 Å². The van der Waals surface area contributed by atoms with Crippen molar-refractivity contribution >= 4 is 21.8 Å². The first-order valence-electron chi connectivity index (χ1n) is 6.61. The second-order valence-electron chi connectivity index (χ2n) is 4.64. The third-order valence-electron chi connectivity index (χ3n) is 3.13. The number of carbonyl (C=O) groups excluding carboxylic acids is 1. The number of rotatable bonds is 6. The molecule has 20 heavy (non-hydrogen) atoms. The van der Waals surface area contributed by atoms with E-state index in [4.69, 9.17) is 4.74 Å². The summed E-state index contributed by atoms with van der Waals surface area (Å²) in [6, 6.07) is 7.45. The van der Waals surface area contributed by atoms with Gasteiger partial charge in [-0.05, 0) is 50.2 Å².